The molecule has 0 aromatic heterocycles. The molecule has 0 radical (unpaired) electrons. The van der Waals surface area contributed by atoms with Crippen LogP contribution in [0, 0.1) is 6.92 Å². The highest BCUT2D eigenvalue weighted by molar-refractivity contribution is 6.30. The van der Waals surface area contributed by atoms with Gasteiger partial charge in [-0.25, -0.2) is 5.43 Å². The third-order valence-corrected chi connectivity index (χ3v) is 3.36. The number of amides is 2. The van der Waals surface area contributed by atoms with Crippen molar-refractivity contribution in [3.8, 4) is 5.75 Å². The number of anilines is 1. The van der Waals surface area contributed by atoms with Crippen molar-refractivity contribution < 1.29 is 14.7 Å². The van der Waals surface area contributed by atoms with Crippen molar-refractivity contribution in [1.29, 1.82) is 0 Å². The number of hydrogen-bond acceptors (Lipinski definition) is 4. The number of benzene rings is 2. The molecule has 0 saturated carbocycles. The Morgan fingerprint density at radius 2 is 1.96 bits per heavy atom. The van der Waals surface area contributed by atoms with E-state index >= 15 is 0 Å². The minimum absolute atomic E-state index is 0.0188. The van der Waals surface area contributed by atoms with Gasteiger partial charge in [0.15, 0.2) is 0 Å². The van der Waals surface area contributed by atoms with E-state index in [0.717, 1.165) is 5.56 Å². The highest BCUT2D eigenvalue weighted by Gasteiger charge is 2.10. The first-order valence-electron chi connectivity index (χ1n) is 7.11. The van der Waals surface area contributed by atoms with Crippen LogP contribution in [-0.4, -0.2) is 23.1 Å². The third-order valence-electron chi connectivity index (χ3n) is 3.12. The zero-order valence-corrected chi connectivity index (χ0v) is 13.7. The second-order valence-corrected chi connectivity index (χ2v) is 5.47. The summed E-state index contributed by atoms with van der Waals surface area (Å²) in [6, 6.07) is 11.7. The quantitative estimate of drug-likeness (QED) is 0.442. The van der Waals surface area contributed by atoms with E-state index < -0.39 is 11.8 Å². The van der Waals surface area contributed by atoms with Crippen LogP contribution in [0.2, 0.25) is 5.02 Å². The molecule has 0 heterocycles. The molecule has 0 unspecified atom stereocenters. The van der Waals surface area contributed by atoms with Gasteiger partial charge in [0, 0.05) is 16.3 Å². The maximum Gasteiger partial charge on any atom is 0.249 e. The lowest BCUT2D eigenvalue weighted by atomic mass is 10.2. The lowest BCUT2D eigenvalue weighted by molar-refractivity contribution is -0.126. The summed E-state index contributed by atoms with van der Waals surface area (Å²) < 4.78 is 0. The number of rotatable bonds is 5. The zero-order chi connectivity index (χ0) is 17.5. The molecular weight excluding hydrogens is 330 g/mol. The molecule has 0 fully saturated rings. The minimum Gasteiger partial charge on any atom is -0.507 e. The summed E-state index contributed by atoms with van der Waals surface area (Å²) in [5.41, 5.74) is 4.14. The maximum atomic E-state index is 11.8. The van der Waals surface area contributed by atoms with Crippen LogP contribution in [0.15, 0.2) is 47.6 Å². The highest BCUT2D eigenvalue weighted by atomic mass is 35.5. The molecule has 6 nitrogen and oxygen atoms in total. The Bertz CT molecular complexity index is 790. The van der Waals surface area contributed by atoms with Crippen molar-refractivity contribution in [3.05, 3.63) is 58.6 Å². The van der Waals surface area contributed by atoms with E-state index in [9.17, 15) is 14.7 Å². The smallest absolute Gasteiger partial charge is 0.249 e. The zero-order valence-electron chi connectivity index (χ0n) is 12.9. The van der Waals surface area contributed by atoms with Crippen molar-refractivity contribution in [1.82, 2.24) is 5.43 Å². The standard InChI is InChI=1S/C17H16ClN3O3/c1-11-4-2-3-5-14(11)20-16(23)9-17(24)21-19-10-12-8-13(18)6-7-15(12)22/h2-8,10,22H,9H2,1H3,(H,20,23)(H,21,24). The molecule has 124 valence electrons. The van der Waals surface area contributed by atoms with Crippen LogP contribution in [0.5, 0.6) is 5.75 Å². The van der Waals surface area contributed by atoms with Gasteiger partial charge in [0.1, 0.15) is 12.2 Å². The van der Waals surface area contributed by atoms with Crippen molar-refractivity contribution in [2.45, 2.75) is 13.3 Å². The number of carbonyl (C=O) groups is 2. The number of para-hydroxylation sites is 1. The predicted molar refractivity (Wildman–Crippen MR) is 93.3 cm³/mol. The average molecular weight is 346 g/mol. The predicted octanol–water partition coefficient (Wildman–Crippen LogP) is 2.83. The molecular formula is C17H16ClN3O3. The molecule has 3 N–H and O–H groups in total. The topological polar surface area (TPSA) is 90.8 Å². The number of halogens is 1. The lowest BCUT2D eigenvalue weighted by Gasteiger charge is -2.07. The summed E-state index contributed by atoms with van der Waals surface area (Å²) >= 11 is 5.80. The Kier molecular flexibility index (Phi) is 5.92. The first-order valence-corrected chi connectivity index (χ1v) is 7.49. The highest BCUT2D eigenvalue weighted by Crippen LogP contribution is 2.19. The second-order valence-electron chi connectivity index (χ2n) is 5.04. The summed E-state index contributed by atoms with van der Waals surface area (Å²) in [6.07, 6.45) is 0.881. The molecule has 0 spiro atoms. The SMILES string of the molecule is Cc1ccccc1NC(=O)CC(=O)NN=Cc1cc(Cl)ccc1O. The molecule has 0 aliphatic heterocycles. The Labute approximate surface area is 144 Å². The van der Waals surface area contributed by atoms with E-state index in [1.807, 2.05) is 19.1 Å². The van der Waals surface area contributed by atoms with Crippen LogP contribution >= 0.6 is 11.6 Å². The van der Waals surface area contributed by atoms with E-state index in [4.69, 9.17) is 11.6 Å². The number of phenolic OH excluding ortho intramolecular Hbond substituents is 1. The summed E-state index contributed by atoms with van der Waals surface area (Å²) in [5, 5.41) is 16.4. The van der Waals surface area contributed by atoms with Crippen molar-refractivity contribution in [2.24, 2.45) is 5.10 Å². The van der Waals surface area contributed by atoms with Gasteiger partial charge < -0.3 is 10.4 Å². The Hall–Kier alpha value is -2.86. The van der Waals surface area contributed by atoms with Gasteiger partial charge in [0.25, 0.3) is 0 Å². The third kappa shape index (κ3) is 5.10. The number of phenols is 1. The molecule has 0 aliphatic rings. The number of carbonyl (C=O) groups excluding carboxylic acids is 2. The average Bonchev–Trinajstić information content (AvgIpc) is 2.53. The molecule has 0 atom stereocenters. The van der Waals surface area contributed by atoms with Crippen LogP contribution in [0.4, 0.5) is 5.69 Å². The van der Waals surface area contributed by atoms with Gasteiger partial charge in [-0.1, -0.05) is 29.8 Å². The molecule has 2 rings (SSSR count). The van der Waals surface area contributed by atoms with E-state index in [0.29, 0.717) is 16.3 Å². The van der Waals surface area contributed by atoms with Gasteiger partial charge in [0.05, 0.1) is 6.21 Å². The van der Waals surface area contributed by atoms with Gasteiger partial charge >= 0.3 is 0 Å². The van der Waals surface area contributed by atoms with Crippen LogP contribution in [0.3, 0.4) is 0 Å². The summed E-state index contributed by atoms with van der Waals surface area (Å²) in [7, 11) is 0. The second kappa shape index (κ2) is 8.12. The summed E-state index contributed by atoms with van der Waals surface area (Å²) in [4.78, 5) is 23.5. The number of nitrogens with zero attached hydrogens (tertiary/aromatic N) is 1. The van der Waals surface area contributed by atoms with E-state index in [1.54, 1.807) is 12.1 Å². The maximum absolute atomic E-state index is 11.8. The first kappa shape index (κ1) is 17.5. The largest absolute Gasteiger partial charge is 0.507 e. The fourth-order valence-corrected chi connectivity index (χ4v) is 2.08. The van der Waals surface area contributed by atoms with Gasteiger partial charge in [-0.2, -0.15) is 5.10 Å². The van der Waals surface area contributed by atoms with E-state index in [1.165, 1.54) is 24.4 Å². The molecule has 24 heavy (non-hydrogen) atoms. The van der Waals surface area contributed by atoms with Crippen LogP contribution in [0.25, 0.3) is 0 Å². The molecule has 0 saturated heterocycles. The summed E-state index contributed by atoms with van der Waals surface area (Å²) in [6.45, 7) is 1.86. The monoisotopic (exact) mass is 345 g/mol. The summed E-state index contributed by atoms with van der Waals surface area (Å²) in [5.74, 6) is -1.03. The Morgan fingerprint density at radius 3 is 2.71 bits per heavy atom. The Balaban J connectivity index is 1.87. The van der Waals surface area contributed by atoms with Crippen LogP contribution < -0.4 is 10.7 Å². The van der Waals surface area contributed by atoms with Gasteiger partial charge in [0.2, 0.25) is 11.8 Å². The van der Waals surface area contributed by atoms with Crippen LogP contribution in [0.1, 0.15) is 17.5 Å². The number of nitrogens with one attached hydrogen (secondary N) is 2. The number of aryl methyl sites for hydroxylation is 1. The number of hydrazone groups is 1. The van der Waals surface area contributed by atoms with Gasteiger partial charge in [-0.05, 0) is 36.8 Å². The molecule has 2 amide bonds. The molecule has 0 bridgehead atoms. The number of aromatic hydroxyl groups is 1. The fraction of sp³-hybridized carbons (Fsp3) is 0.118. The number of hydrogen-bond donors (Lipinski definition) is 3. The molecule has 7 heteroatoms. The van der Waals surface area contributed by atoms with Gasteiger partial charge in [-0.15, -0.1) is 0 Å². The van der Waals surface area contributed by atoms with E-state index in [-0.39, 0.29) is 12.2 Å². The molecule has 2 aromatic carbocycles. The van der Waals surface area contributed by atoms with E-state index in [2.05, 4.69) is 15.8 Å². The van der Waals surface area contributed by atoms with Crippen molar-refractivity contribution in [3.63, 3.8) is 0 Å². The minimum atomic E-state index is -0.571. The molecule has 2 aromatic rings. The lowest BCUT2D eigenvalue weighted by Crippen LogP contribution is -2.24. The van der Waals surface area contributed by atoms with Crippen molar-refractivity contribution >= 4 is 35.3 Å². The normalized spacial score (nSPS) is 10.6. The van der Waals surface area contributed by atoms with Crippen LogP contribution in [-0.2, 0) is 9.59 Å². The fourth-order valence-electron chi connectivity index (χ4n) is 1.90. The first-order chi connectivity index (χ1) is 11.5. The Morgan fingerprint density at radius 1 is 1.21 bits per heavy atom. The molecule has 0 aliphatic carbocycles. The van der Waals surface area contributed by atoms with Crippen molar-refractivity contribution in [2.75, 3.05) is 5.32 Å². The van der Waals surface area contributed by atoms with Gasteiger partial charge in [-0.3, -0.25) is 9.59 Å².